The van der Waals surface area contributed by atoms with Crippen LogP contribution >= 0.6 is 23.2 Å². The Bertz CT molecular complexity index is 653. The fourth-order valence-electron chi connectivity index (χ4n) is 1.48. The van der Waals surface area contributed by atoms with E-state index in [-0.39, 0.29) is 21.5 Å². The SMILES string of the molecule is Cc1noc(NC(=O)c2cc(N)cc(Cl)c2Cl)c1C. The lowest BCUT2D eigenvalue weighted by Gasteiger charge is -2.07. The van der Waals surface area contributed by atoms with Gasteiger partial charge in [-0.2, -0.15) is 0 Å². The molecule has 0 fully saturated rings. The topological polar surface area (TPSA) is 81.2 Å². The quantitative estimate of drug-likeness (QED) is 0.832. The zero-order chi connectivity index (χ0) is 14.2. The molecule has 2 aromatic rings. The highest BCUT2D eigenvalue weighted by Gasteiger charge is 2.17. The van der Waals surface area contributed by atoms with Gasteiger partial charge >= 0.3 is 0 Å². The third-order valence-corrected chi connectivity index (χ3v) is 3.48. The summed E-state index contributed by atoms with van der Waals surface area (Å²) in [6.45, 7) is 3.56. The van der Waals surface area contributed by atoms with E-state index >= 15 is 0 Å². The van der Waals surface area contributed by atoms with E-state index in [0.717, 1.165) is 5.56 Å². The summed E-state index contributed by atoms with van der Waals surface area (Å²) in [4.78, 5) is 12.1. The van der Waals surface area contributed by atoms with Gasteiger partial charge in [-0.25, -0.2) is 0 Å². The van der Waals surface area contributed by atoms with Crippen molar-refractivity contribution in [2.75, 3.05) is 11.1 Å². The molecule has 0 unspecified atom stereocenters. The molecule has 0 bridgehead atoms. The lowest BCUT2D eigenvalue weighted by molar-refractivity contribution is 0.102. The summed E-state index contributed by atoms with van der Waals surface area (Å²) in [7, 11) is 0. The molecule has 0 saturated carbocycles. The molecular formula is C12H11Cl2N3O2. The molecule has 2 rings (SSSR count). The van der Waals surface area contributed by atoms with Crippen molar-refractivity contribution >= 4 is 40.7 Å². The normalized spacial score (nSPS) is 10.5. The van der Waals surface area contributed by atoms with E-state index in [1.807, 2.05) is 0 Å². The Kier molecular flexibility index (Phi) is 3.68. The van der Waals surface area contributed by atoms with Gasteiger partial charge in [0.05, 0.1) is 21.3 Å². The number of hydrogen-bond acceptors (Lipinski definition) is 4. The van der Waals surface area contributed by atoms with Gasteiger partial charge in [-0.3, -0.25) is 10.1 Å². The summed E-state index contributed by atoms with van der Waals surface area (Å²) in [6.07, 6.45) is 0. The van der Waals surface area contributed by atoms with Gasteiger partial charge in [0, 0.05) is 11.3 Å². The van der Waals surface area contributed by atoms with Crippen molar-refractivity contribution in [1.82, 2.24) is 5.16 Å². The zero-order valence-electron chi connectivity index (χ0n) is 10.3. The van der Waals surface area contributed by atoms with E-state index in [2.05, 4.69) is 10.5 Å². The number of carbonyl (C=O) groups is 1. The molecule has 1 heterocycles. The Morgan fingerprint density at radius 3 is 2.63 bits per heavy atom. The highest BCUT2D eigenvalue weighted by Crippen LogP contribution is 2.29. The van der Waals surface area contributed by atoms with E-state index in [9.17, 15) is 4.79 Å². The highest BCUT2D eigenvalue weighted by molar-refractivity contribution is 6.44. The molecule has 0 atom stereocenters. The van der Waals surface area contributed by atoms with E-state index in [1.54, 1.807) is 13.8 Å². The van der Waals surface area contributed by atoms with Crippen molar-refractivity contribution < 1.29 is 9.32 Å². The number of aryl methyl sites for hydroxylation is 1. The number of halogens is 2. The number of anilines is 2. The van der Waals surface area contributed by atoms with Crippen molar-refractivity contribution in [3.8, 4) is 0 Å². The Balaban J connectivity index is 2.33. The minimum absolute atomic E-state index is 0.141. The van der Waals surface area contributed by atoms with Crippen LogP contribution in [-0.4, -0.2) is 11.1 Å². The highest BCUT2D eigenvalue weighted by atomic mass is 35.5. The second-order valence-electron chi connectivity index (χ2n) is 4.04. The van der Waals surface area contributed by atoms with E-state index in [0.29, 0.717) is 11.4 Å². The molecule has 100 valence electrons. The van der Waals surface area contributed by atoms with Crippen molar-refractivity contribution in [2.45, 2.75) is 13.8 Å². The lowest BCUT2D eigenvalue weighted by atomic mass is 10.2. The number of nitrogens with one attached hydrogen (secondary N) is 1. The van der Waals surface area contributed by atoms with Crippen LogP contribution < -0.4 is 11.1 Å². The summed E-state index contributed by atoms with van der Waals surface area (Å²) in [5.41, 5.74) is 7.62. The standard InChI is InChI=1S/C12H11Cl2N3O2/c1-5-6(2)17-19-12(5)16-11(18)8-3-7(15)4-9(13)10(8)14/h3-4H,15H2,1-2H3,(H,16,18). The summed E-state index contributed by atoms with van der Waals surface area (Å²) in [5.74, 6) is -0.185. The molecule has 0 saturated heterocycles. The first-order valence-electron chi connectivity index (χ1n) is 5.39. The number of benzene rings is 1. The van der Waals surface area contributed by atoms with Crippen LogP contribution in [0.1, 0.15) is 21.6 Å². The predicted molar refractivity (Wildman–Crippen MR) is 74.8 cm³/mol. The molecule has 0 radical (unpaired) electrons. The van der Waals surface area contributed by atoms with Crippen LogP contribution in [0, 0.1) is 13.8 Å². The Hall–Kier alpha value is -1.72. The van der Waals surface area contributed by atoms with Crippen LogP contribution in [0.3, 0.4) is 0 Å². The fraction of sp³-hybridized carbons (Fsp3) is 0.167. The van der Waals surface area contributed by atoms with Crippen molar-refractivity contribution in [2.24, 2.45) is 0 Å². The molecule has 7 heteroatoms. The number of hydrogen-bond donors (Lipinski definition) is 2. The Labute approximate surface area is 119 Å². The molecule has 1 aromatic carbocycles. The number of amides is 1. The van der Waals surface area contributed by atoms with Gasteiger partial charge < -0.3 is 10.3 Å². The van der Waals surface area contributed by atoms with Gasteiger partial charge in [0.2, 0.25) is 5.88 Å². The average molecular weight is 300 g/mol. The fourth-order valence-corrected chi connectivity index (χ4v) is 1.90. The molecule has 1 aromatic heterocycles. The van der Waals surface area contributed by atoms with Crippen molar-refractivity contribution in [3.63, 3.8) is 0 Å². The summed E-state index contributed by atoms with van der Waals surface area (Å²) < 4.78 is 5.00. The Morgan fingerprint density at radius 1 is 1.37 bits per heavy atom. The van der Waals surface area contributed by atoms with Gasteiger partial charge in [-0.1, -0.05) is 28.4 Å². The zero-order valence-corrected chi connectivity index (χ0v) is 11.8. The molecule has 0 spiro atoms. The van der Waals surface area contributed by atoms with E-state index in [4.69, 9.17) is 33.5 Å². The second-order valence-corrected chi connectivity index (χ2v) is 4.83. The van der Waals surface area contributed by atoms with E-state index < -0.39 is 5.91 Å². The number of nitrogens with zero attached hydrogens (tertiary/aromatic N) is 1. The van der Waals surface area contributed by atoms with Crippen LogP contribution in [0.4, 0.5) is 11.6 Å². The van der Waals surface area contributed by atoms with Crippen molar-refractivity contribution in [1.29, 1.82) is 0 Å². The second kappa shape index (κ2) is 5.11. The Morgan fingerprint density at radius 2 is 2.05 bits per heavy atom. The number of carbonyl (C=O) groups excluding carboxylic acids is 1. The number of nitrogen functional groups attached to an aromatic ring is 1. The smallest absolute Gasteiger partial charge is 0.259 e. The predicted octanol–water partition coefficient (Wildman–Crippen LogP) is 3.43. The minimum Gasteiger partial charge on any atom is -0.399 e. The number of nitrogens with two attached hydrogens (primary N) is 1. The molecule has 0 aliphatic rings. The van der Waals surface area contributed by atoms with Crippen LogP contribution in [0.5, 0.6) is 0 Å². The maximum absolute atomic E-state index is 12.1. The summed E-state index contributed by atoms with van der Waals surface area (Å²) in [5, 5.41) is 6.68. The molecule has 19 heavy (non-hydrogen) atoms. The minimum atomic E-state index is -0.460. The first-order chi connectivity index (χ1) is 8.90. The van der Waals surface area contributed by atoms with Crippen LogP contribution in [0.25, 0.3) is 0 Å². The lowest BCUT2D eigenvalue weighted by Crippen LogP contribution is -2.13. The summed E-state index contributed by atoms with van der Waals surface area (Å²) in [6, 6.07) is 2.92. The number of aromatic nitrogens is 1. The maximum Gasteiger partial charge on any atom is 0.259 e. The van der Waals surface area contributed by atoms with Crippen LogP contribution in [0.2, 0.25) is 10.0 Å². The van der Waals surface area contributed by atoms with Crippen LogP contribution in [-0.2, 0) is 0 Å². The van der Waals surface area contributed by atoms with E-state index in [1.165, 1.54) is 12.1 Å². The monoisotopic (exact) mass is 299 g/mol. The first-order valence-corrected chi connectivity index (χ1v) is 6.14. The van der Waals surface area contributed by atoms with Gasteiger partial charge in [-0.05, 0) is 26.0 Å². The number of rotatable bonds is 2. The van der Waals surface area contributed by atoms with Gasteiger partial charge in [0.1, 0.15) is 0 Å². The van der Waals surface area contributed by atoms with Crippen molar-refractivity contribution in [3.05, 3.63) is 39.0 Å². The average Bonchev–Trinajstić information content (AvgIpc) is 2.65. The molecule has 5 nitrogen and oxygen atoms in total. The van der Waals surface area contributed by atoms with Crippen LogP contribution in [0.15, 0.2) is 16.7 Å². The molecular weight excluding hydrogens is 289 g/mol. The van der Waals surface area contributed by atoms with Gasteiger partial charge in [-0.15, -0.1) is 0 Å². The third kappa shape index (κ3) is 2.67. The molecule has 0 aliphatic heterocycles. The maximum atomic E-state index is 12.1. The molecule has 3 N–H and O–H groups in total. The first kappa shape index (κ1) is 13.7. The van der Waals surface area contributed by atoms with Gasteiger partial charge in [0.15, 0.2) is 0 Å². The molecule has 1 amide bonds. The molecule has 0 aliphatic carbocycles. The summed E-state index contributed by atoms with van der Waals surface area (Å²) >= 11 is 11.9. The largest absolute Gasteiger partial charge is 0.399 e. The third-order valence-electron chi connectivity index (χ3n) is 2.68. The van der Waals surface area contributed by atoms with Gasteiger partial charge in [0.25, 0.3) is 5.91 Å².